The summed E-state index contributed by atoms with van der Waals surface area (Å²) in [5, 5.41) is 7.53. The van der Waals surface area contributed by atoms with Crippen LogP contribution in [0.3, 0.4) is 0 Å². The van der Waals surface area contributed by atoms with Crippen molar-refractivity contribution in [2.45, 2.75) is 12.0 Å². The first kappa shape index (κ1) is 31.6. The number of fused-ring (bicyclic) bond motifs is 12. The Hall–Kier alpha value is -7.56. The Kier molecular flexibility index (Phi) is 6.53. The number of para-hydroxylation sites is 6. The predicted molar refractivity (Wildman–Crippen MR) is 240 cm³/mol. The highest BCUT2D eigenvalue weighted by atomic mass is 16.5. The lowest BCUT2D eigenvalue weighted by Crippen LogP contribution is -2.23. The van der Waals surface area contributed by atoms with Crippen LogP contribution in [-0.2, 0) is 0 Å². The Morgan fingerprint density at radius 3 is 1.29 bits per heavy atom. The van der Waals surface area contributed by atoms with E-state index in [0.29, 0.717) is 0 Å². The molecule has 1 aliphatic heterocycles. The molecule has 4 heteroatoms. The zero-order valence-corrected chi connectivity index (χ0v) is 31.5. The lowest BCUT2D eigenvalue weighted by Gasteiger charge is -2.27. The minimum atomic E-state index is -0.200. The topological polar surface area (TPSA) is 24.0 Å². The van der Waals surface area contributed by atoms with Gasteiger partial charge in [0.05, 0.1) is 33.1 Å². The maximum atomic E-state index is 7.10. The van der Waals surface area contributed by atoms with Gasteiger partial charge in [0.2, 0.25) is 0 Å². The molecule has 2 unspecified atom stereocenters. The van der Waals surface area contributed by atoms with Gasteiger partial charge in [-0.15, -0.1) is 0 Å². The summed E-state index contributed by atoms with van der Waals surface area (Å²) < 4.78 is 14.4. The number of allylic oxidation sites excluding steroid dienone is 2. The molecule has 8 aromatic carbocycles. The number of hydrogen-bond acceptors (Lipinski definition) is 1. The normalized spacial score (nSPS) is 16.3. The molecule has 272 valence electrons. The van der Waals surface area contributed by atoms with Crippen LogP contribution in [0.5, 0.6) is 5.75 Å². The molecule has 13 rings (SSSR count). The fourth-order valence-corrected chi connectivity index (χ4v) is 10.1. The van der Waals surface area contributed by atoms with Gasteiger partial charge < -0.3 is 18.4 Å². The molecule has 4 nitrogen and oxygen atoms in total. The summed E-state index contributed by atoms with van der Waals surface area (Å²) in [4.78, 5) is 0. The van der Waals surface area contributed by atoms with Crippen molar-refractivity contribution in [1.29, 1.82) is 0 Å². The fourth-order valence-electron chi connectivity index (χ4n) is 10.1. The lowest BCUT2D eigenvalue weighted by atomic mass is 9.83. The highest BCUT2D eigenvalue weighted by Gasteiger charge is 2.39. The monoisotopic (exact) mass is 741 g/mol. The van der Waals surface area contributed by atoms with E-state index in [-0.39, 0.29) is 12.0 Å². The van der Waals surface area contributed by atoms with Crippen LogP contribution in [-0.4, -0.2) is 19.8 Å². The molecular weight excluding hydrogens is 707 g/mol. The number of nitrogens with zero attached hydrogens (tertiary/aromatic N) is 3. The maximum Gasteiger partial charge on any atom is 0.135 e. The minimum Gasteiger partial charge on any atom is -0.484 e. The quantitative estimate of drug-likeness (QED) is 0.176. The van der Waals surface area contributed by atoms with E-state index < -0.39 is 0 Å². The van der Waals surface area contributed by atoms with Crippen molar-refractivity contribution in [3.63, 3.8) is 0 Å². The first-order valence-corrected chi connectivity index (χ1v) is 20.1. The van der Waals surface area contributed by atoms with Gasteiger partial charge in [0, 0.05) is 66.4 Å². The van der Waals surface area contributed by atoms with Crippen LogP contribution < -0.4 is 4.74 Å². The van der Waals surface area contributed by atoms with Crippen molar-refractivity contribution in [1.82, 2.24) is 13.7 Å². The van der Waals surface area contributed by atoms with Crippen LogP contribution in [0.1, 0.15) is 17.0 Å². The van der Waals surface area contributed by atoms with Crippen molar-refractivity contribution < 1.29 is 4.74 Å². The van der Waals surface area contributed by atoms with Crippen molar-refractivity contribution in [2.75, 3.05) is 0 Å². The second-order valence-corrected chi connectivity index (χ2v) is 15.6. The number of aromatic nitrogens is 3. The summed E-state index contributed by atoms with van der Waals surface area (Å²) in [5.41, 5.74) is 14.1. The third-order valence-electron chi connectivity index (χ3n) is 12.6. The molecule has 0 N–H and O–H groups in total. The molecule has 1 aliphatic carbocycles. The lowest BCUT2D eigenvalue weighted by molar-refractivity contribution is 0.278. The van der Waals surface area contributed by atoms with Crippen LogP contribution in [0.25, 0.3) is 88.1 Å². The predicted octanol–water partition coefficient (Wildman–Crippen LogP) is 13.5. The average Bonchev–Trinajstić information content (AvgIpc) is 4.02. The van der Waals surface area contributed by atoms with Gasteiger partial charge >= 0.3 is 0 Å². The standard InChI is InChI=1S/C54H35N3O/c1-7-22-47-38(16-1)39-17-2-8-23-48(39)55(47)35-15-13-14-34(30-35)44-32-37(57-51-26-11-5-20-42(51)43-21-6-12-27-52(43)57)33-46-45-31-36(28-29-53(45)58-54(44)46)56-49-24-9-3-18-40(49)41-19-4-10-25-50(41)56/h1-33,46,54H. The highest BCUT2D eigenvalue weighted by Crippen LogP contribution is 2.50. The van der Waals surface area contributed by atoms with Gasteiger partial charge in [0.1, 0.15) is 11.9 Å². The summed E-state index contributed by atoms with van der Waals surface area (Å²) in [7, 11) is 0. The van der Waals surface area contributed by atoms with Gasteiger partial charge in [-0.2, -0.15) is 0 Å². The van der Waals surface area contributed by atoms with E-state index in [2.05, 4.69) is 214 Å². The Morgan fingerprint density at radius 2 is 0.810 bits per heavy atom. The second kappa shape index (κ2) is 12.0. The van der Waals surface area contributed by atoms with Gasteiger partial charge in [0.15, 0.2) is 0 Å². The molecule has 0 fully saturated rings. The van der Waals surface area contributed by atoms with Gasteiger partial charge in [0.25, 0.3) is 0 Å². The zero-order chi connectivity index (χ0) is 37.9. The molecule has 11 aromatic rings. The summed E-state index contributed by atoms with van der Waals surface area (Å²) in [5.74, 6) is 0.915. The van der Waals surface area contributed by atoms with Crippen LogP contribution in [0, 0.1) is 0 Å². The second-order valence-electron chi connectivity index (χ2n) is 15.6. The molecule has 0 bridgehead atoms. The summed E-state index contributed by atoms with van der Waals surface area (Å²) in [6, 6.07) is 68.3. The van der Waals surface area contributed by atoms with Crippen molar-refractivity contribution in [3.8, 4) is 17.1 Å². The Bertz CT molecular complexity index is 3410. The smallest absolute Gasteiger partial charge is 0.135 e. The SMILES string of the molecule is C1=C(c2cccc(-n3c4ccccc4c4ccccc43)c2)C2Oc3ccc(-n4c5ccccc5c5ccccc54)cc3C2C=C1n1c2ccccc2c2ccccc21. The Balaban J connectivity index is 1.03. The average molecular weight is 742 g/mol. The van der Waals surface area contributed by atoms with Crippen molar-refractivity contribution in [3.05, 3.63) is 211 Å². The molecular formula is C54H35N3O. The number of ether oxygens (including phenoxy) is 1. The van der Waals surface area contributed by atoms with E-state index in [1.807, 2.05) is 0 Å². The molecule has 58 heavy (non-hydrogen) atoms. The highest BCUT2D eigenvalue weighted by molar-refractivity contribution is 6.12. The molecule has 0 radical (unpaired) electrons. The van der Waals surface area contributed by atoms with Crippen LogP contribution >= 0.6 is 0 Å². The fraction of sp³-hybridized carbons (Fsp3) is 0.0370. The van der Waals surface area contributed by atoms with E-state index >= 15 is 0 Å². The third kappa shape index (κ3) is 4.40. The molecule has 0 amide bonds. The van der Waals surface area contributed by atoms with E-state index in [0.717, 1.165) is 28.4 Å². The molecule has 4 heterocycles. The molecule has 0 spiro atoms. The van der Waals surface area contributed by atoms with E-state index in [1.165, 1.54) is 76.6 Å². The number of hydrogen-bond donors (Lipinski definition) is 0. The minimum absolute atomic E-state index is 0.0186. The van der Waals surface area contributed by atoms with Gasteiger partial charge in [-0.3, -0.25) is 0 Å². The van der Waals surface area contributed by atoms with Crippen LogP contribution in [0.4, 0.5) is 0 Å². The van der Waals surface area contributed by atoms with E-state index in [4.69, 9.17) is 4.74 Å². The Labute approximate surface area is 334 Å². The molecule has 0 saturated heterocycles. The van der Waals surface area contributed by atoms with Crippen LogP contribution in [0.15, 0.2) is 200 Å². The van der Waals surface area contributed by atoms with Crippen LogP contribution in [0.2, 0.25) is 0 Å². The molecule has 2 atom stereocenters. The summed E-state index contributed by atoms with van der Waals surface area (Å²) >= 11 is 0. The Morgan fingerprint density at radius 1 is 0.379 bits per heavy atom. The largest absolute Gasteiger partial charge is 0.484 e. The first-order valence-electron chi connectivity index (χ1n) is 20.1. The summed E-state index contributed by atoms with van der Waals surface area (Å²) in [6.07, 6.45) is 4.63. The van der Waals surface area contributed by atoms with Gasteiger partial charge in [-0.1, -0.05) is 121 Å². The van der Waals surface area contributed by atoms with E-state index in [1.54, 1.807) is 0 Å². The van der Waals surface area contributed by atoms with E-state index in [9.17, 15) is 0 Å². The number of benzene rings is 8. The number of rotatable bonds is 4. The first-order chi connectivity index (χ1) is 28.8. The van der Waals surface area contributed by atoms with Crippen molar-refractivity contribution >= 4 is 76.7 Å². The molecule has 0 saturated carbocycles. The summed E-state index contributed by atoms with van der Waals surface area (Å²) in [6.45, 7) is 0. The van der Waals surface area contributed by atoms with Gasteiger partial charge in [-0.05, 0) is 84.4 Å². The van der Waals surface area contributed by atoms with Crippen molar-refractivity contribution in [2.24, 2.45) is 0 Å². The third-order valence-corrected chi connectivity index (χ3v) is 12.6. The zero-order valence-electron chi connectivity index (χ0n) is 31.5. The molecule has 2 aliphatic rings. The maximum absolute atomic E-state index is 7.10. The van der Waals surface area contributed by atoms with Gasteiger partial charge in [-0.25, -0.2) is 0 Å². The molecule has 3 aromatic heterocycles.